The zero-order valence-electron chi connectivity index (χ0n) is 10.4. The first-order chi connectivity index (χ1) is 7.66. The van der Waals surface area contributed by atoms with Crippen LogP contribution in [0, 0.1) is 0 Å². The molecule has 4 nitrogen and oxygen atoms in total. The number of rotatable bonds is 4. The van der Waals surface area contributed by atoms with Crippen molar-refractivity contribution in [2.45, 2.75) is 57.5 Å². The first kappa shape index (κ1) is 13.3. The number of carbonyl (C=O) groups is 1. The summed E-state index contributed by atoms with van der Waals surface area (Å²) < 4.78 is 0. The molecule has 1 saturated carbocycles. The molecule has 1 amide bonds. The van der Waals surface area contributed by atoms with Crippen LogP contribution in [0.15, 0.2) is 0 Å². The quantitative estimate of drug-likeness (QED) is 0.726. The maximum absolute atomic E-state index is 11.3. The molecule has 1 aliphatic carbocycles. The minimum Gasteiger partial charge on any atom is -0.465 e. The van der Waals surface area contributed by atoms with E-state index in [1.807, 2.05) is 14.0 Å². The molecule has 1 atom stereocenters. The van der Waals surface area contributed by atoms with Crippen molar-refractivity contribution in [3.63, 3.8) is 0 Å². The molecule has 1 unspecified atom stereocenters. The molecule has 0 heterocycles. The lowest BCUT2D eigenvalue weighted by Crippen LogP contribution is -2.48. The molecule has 4 heteroatoms. The highest BCUT2D eigenvalue weighted by atomic mass is 16.4. The number of likely N-dealkylation sites (N-methyl/N-ethyl adjacent to an activating group) is 1. The van der Waals surface area contributed by atoms with E-state index in [4.69, 9.17) is 0 Å². The lowest BCUT2D eigenvalue weighted by atomic mass is 10.1. The second kappa shape index (κ2) is 6.74. The van der Waals surface area contributed by atoms with Crippen LogP contribution in [0.2, 0.25) is 0 Å². The molecule has 0 aromatic heterocycles. The molecule has 1 aliphatic rings. The minimum absolute atomic E-state index is 0.0607. The van der Waals surface area contributed by atoms with Gasteiger partial charge in [0.2, 0.25) is 0 Å². The van der Waals surface area contributed by atoms with Gasteiger partial charge in [-0.2, -0.15) is 0 Å². The first-order valence-electron chi connectivity index (χ1n) is 6.32. The van der Waals surface area contributed by atoms with E-state index in [2.05, 4.69) is 5.32 Å². The Bertz CT molecular complexity index is 213. The summed E-state index contributed by atoms with van der Waals surface area (Å²) in [6.45, 7) is 2.71. The highest BCUT2D eigenvalue weighted by molar-refractivity contribution is 5.65. The van der Waals surface area contributed by atoms with Crippen molar-refractivity contribution in [1.29, 1.82) is 0 Å². The van der Waals surface area contributed by atoms with Crippen LogP contribution in [0.1, 0.15) is 45.4 Å². The van der Waals surface area contributed by atoms with Crippen LogP contribution in [-0.4, -0.2) is 41.8 Å². The molecule has 0 radical (unpaired) electrons. The fraction of sp³-hybridized carbons (Fsp3) is 0.917. The largest absolute Gasteiger partial charge is 0.465 e. The highest BCUT2D eigenvalue weighted by Gasteiger charge is 2.27. The van der Waals surface area contributed by atoms with Gasteiger partial charge in [0.15, 0.2) is 0 Å². The summed E-state index contributed by atoms with van der Waals surface area (Å²) in [6, 6.07) is 0.286. The molecule has 1 rings (SSSR count). The van der Waals surface area contributed by atoms with Crippen LogP contribution in [0.4, 0.5) is 4.79 Å². The smallest absolute Gasteiger partial charge is 0.407 e. The van der Waals surface area contributed by atoms with E-state index < -0.39 is 6.09 Å². The van der Waals surface area contributed by atoms with Crippen LogP contribution < -0.4 is 5.32 Å². The van der Waals surface area contributed by atoms with Gasteiger partial charge < -0.3 is 15.3 Å². The molecule has 94 valence electrons. The van der Waals surface area contributed by atoms with Crippen LogP contribution in [0.3, 0.4) is 0 Å². The summed E-state index contributed by atoms with van der Waals surface area (Å²) in [6.07, 6.45) is 6.13. The number of hydrogen-bond donors (Lipinski definition) is 2. The van der Waals surface area contributed by atoms with Crippen LogP contribution in [0.5, 0.6) is 0 Å². The number of hydrogen-bond acceptors (Lipinski definition) is 2. The second-order valence-electron chi connectivity index (χ2n) is 4.74. The van der Waals surface area contributed by atoms with Crippen molar-refractivity contribution >= 4 is 6.09 Å². The maximum Gasteiger partial charge on any atom is 0.407 e. The summed E-state index contributed by atoms with van der Waals surface area (Å²) in [4.78, 5) is 13.0. The zero-order valence-corrected chi connectivity index (χ0v) is 10.4. The predicted octanol–water partition coefficient (Wildman–Crippen LogP) is 2.30. The monoisotopic (exact) mass is 228 g/mol. The Morgan fingerprint density at radius 2 is 1.94 bits per heavy atom. The van der Waals surface area contributed by atoms with Crippen LogP contribution in [0.25, 0.3) is 0 Å². The fourth-order valence-electron chi connectivity index (χ4n) is 2.63. The predicted molar refractivity (Wildman–Crippen MR) is 64.7 cm³/mol. The minimum atomic E-state index is -0.769. The lowest BCUT2D eigenvalue weighted by molar-refractivity contribution is 0.0967. The van der Waals surface area contributed by atoms with Crippen molar-refractivity contribution in [3.8, 4) is 0 Å². The van der Waals surface area contributed by atoms with Gasteiger partial charge in [-0.25, -0.2) is 4.79 Å². The van der Waals surface area contributed by atoms with Gasteiger partial charge in [-0.15, -0.1) is 0 Å². The normalized spacial score (nSPS) is 20.1. The summed E-state index contributed by atoms with van der Waals surface area (Å²) in [5.41, 5.74) is 0. The maximum atomic E-state index is 11.3. The Hall–Kier alpha value is -0.770. The average Bonchev–Trinajstić information content (AvgIpc) is 2.46. The van der Waals surface area contributed by atoms with Crippen LogP contribution >= 0.6 is 0 Å². The molecular formula is C12H24N2O2. The molecule has 16 heavy (non-hydrogen) atoms. The van der Waals surface area contributed by atoms with Gasteiger partial charge in [-0.05, 0) is 26.8 Å². The Labute approximate surface area is 98.0 Å². The Kier molecular flexibility index (Phi) is 5.60. The standard InChI is InChI=1S/C12H24N2O2/c1-10(9-13-2)14(12(15)16)11-7-5-3-4-6-8-11/h10-11,13H,3-9H2,1-2H3,(H,15,16). The third-order valence-corrected chi connectivity index (χ3v) is 3.41. The fourth-order valence-corrected chi connectivity index (χ4v) is 2.63. The molecule has 0 saturated heterocycles. The third kappa shape index (κ3) is 3.67. The number of carboxylic acid groups (broad SMARTS) is 1. The Morgan fingerprint density at radius 1 is 1.38 bits per heavy atom. The number of nitrogens with zero attached hydrogens (tertiary/aromatic N) is 1. The highest BCUT2D eigenvalue weighted by Crippen LogP contribution is 2.23. The summed E-state index contributed by atoms with van der Waals surface area (Å²) >= 11 is 0. The Balaban J connectivity index is 2.63. The van der Waals surface area contributed by atoms with Gasteiger partial charge >= 0.3 is 6.09 Å². The van der Waals surface area contributed by atoms with Crippen molar-refractivity contribution in [3.05, 3.63) is 0 Å². The molecule has 0 bridgehead atoms. The third-order valence-electron chi connectivity index (χ3n) is 3.41. The van der Waals surface area contributed by atoms with Gasteiger partial charge in [-0.3, -0.25) is 0 Å². The van der Waals surface area contributed by atoms with Gasteiger partial charge in [-0.1, -0.05) is 25.7 Å². The van der Waals surface area contributed by atoms with E-state index in [-0.39, 0.29) is 12.1 Å². The molecule has 1 fully saturated rings. The molecule has 0 aromatic rings. The van der Waals surface area contributed by atoms with E-state index in [1.54, 1.807) is 4.90 Å². The topological polar surface area (TPSA) is 52.6 Å². The van der Waals surface area contributed by atoms with Crippen molar-refractivity contribution < 1.29 is 9.90 Å². The van der Waals surface area contributed by atoms with E-state index in [1.165, 1.54) is 25.7 Å². The van der Waals surface area contributed by atoms with Crippen LogP contribution in [-0.2, 0) is 0 Å². The molecular weight excluding hydrogens is 204 g/mol. The van der Waals surface area contributed by atoms with Crippen molar-refractivity contribution in [2.75, 3.05) is 13.6 Å². The van der Waals surface area contributed by atoms with Crippen molar-refractivity contribution in [1.82, 2.24) is 10.2 Å². The first-order valence-corrected chi connectivity index (χ1v) is 6.32. The molecule has 0 aromatic carbocycles. The second-order valence-corrected chi connectivity index (χ2v) is 4.74. The number of nitrogens with one attached hydrogen (secondary N) is 1. The van der Waals surface area contributed by atoms with Gasteiger partial charge in [0, 0.05) is 18.6 Å². The van der Waals surface area contributed by atoms with Gasteiger partial charge in [0.1, 0.15) is 0 Å². The van der Waals surface area contributed by atoms with E-state index in [0.717, 1.165) is 19.4 Å². The van der Waals surface area contributed by atoms with E-state index in [9.17, 15) is 9.90 Å². The summed E-state index contributed by atoms with van der Waals surface area (Å²) in [5.74, 6) is 0. The zero-order chi connectivity index (χ0) is 12.0. The molecule has 0 spiro atoms. The Morgan fingerprint density at radius 3 is 2.38 bits per heavy atom. The average molecular weight is 228 g/mol. The SMILES string of the molecule is CNCC(C)N(C(=O)O)C1CCCCCC1. The molecule has 0 aliphatic heterocycles. The molecule has 2 N–H and O–H groups in total. The van der Waals surface area contributed by atoms with Crippen molar-refractivity contribution in [2.24, 2.45) is 0 Å². The lowest BCUT2D eigenvalue weighted by Gasteiger charge is -2.33. The summed E-state index contributed by atoms with van der Waals surface area (Å²) in [7, 11) is 1.86. The van der Waals surface area contributed by atoms with Gasteiger partial charge in [0.05, 0.1) is 0 Å². The van der Waals surface area contributed by atoms with E-state index in [0.29, 0.717) is 0 Å². The van der Waals surface area contributed by atoms with E-state index >= 15 is 0 Å². The number of amides is 1. The summed E-state index contributed by atoms with van der Waals surface area (Å²) in [5, 5.41) is 12.4. The van der Waals surface area contributed by atoms with Gasteiger partial charge in [0.25, 0.3) is 0 Å².